The van der Waals surface area contributed by atoms with E-state index in [0.717, 1.165) is 4.90 Å². The minimum absolute atomic E-state index is 0.0769. The van der Waals surface area contributed by atoms with Crippen molar-refractivity contribution in [2.24, 2.45) is 0 Å². The Morgan fingerprint density at radius 1 is 0.719 bits per heavy atom. The van der Waals surface area contributed by atoms with Crippen LogP contribution in [0.25, 0.3) is 0 Å². The zero-order chi connectivity index (χ0) is 22.8. The van der Waals surface area contributed by atoms with E-state index < -0.39 is 0 Å². The third-order valence-corrected chi connectivity index (χ3v) is 5.12. The molecule has 3 aromatic carbocycles. The smallest absolute Gasteiger partial charge is 0.262 e. The molecule has 0 radical (unpaired) electrons. The number of anilines is 3. The molecule has 32 heavy (non-hydrogen) atoms. The maximum Gasteiger partial charge on any atom is 0.262 e. The van der Waals surface area contributed by atoms with E-state index in [2.05, 4.69) is 16.0 Å². The molecule has 3 rings (SSSR count). The van der Waals surface area contributed by atoms with Gasteiger partial charge in [0.1, 0.15) is 5.75 Å². The molecule has 3 N–H and O–H groups in total. The fourth-order valence-corrected chi connectivity index (χ4v) is 3.38. The van der Waals surface area contributed by atoms with Gasteiger partial charge in [-0.25, -0.2) is 0 Å². The summed E-state index contributed by atoms with van der Waals surface area (Å²) in [6.07, 6.45) is 0. The van der Waals surface area contributed by atoms with Crippen LogP contribution in [0.2, 0.25) is 0 Å². The number of hydrogen-bond donors (Lipinski definition) is 3. The summed E-state index contributed by atoms with van der Waals surface area (Å²) in [5.41, 5.74) is 1.98. The molecule has 8 heteroatoms. The molecule has 3 amide bonds. The van der Waals surface area contributed by atoms with E-state index >= 15 is 0 Å². The lowest BCUT2D eigenvalue weighted by molar-refractivity contribution is -0.118. The number of ether oxygens (including phenoxy) is 1. The molecule has 0 aliphatic rings. The molecule has 3 aromatic rings. The van der Waals surface area contributed by atoms with Crippen molar-refractivity contribution in [3.63, 3.8) is 0 Å². The molecule has 164 valence electrons. The second-order valence-electron chi connectivity index (χ2n) is 6.77. The van der Waals surface area contributed by atoms with Crippen LogP contribution in [0, 0.1) is 0 Å². The Labute approximate surface area is 190 Å². The molecule has 0 spiro atoms. The highest BCUT2D eigenvalue weighted by atomic mass is 32.2. The van der Waals surface area contributed by atoms with Crippen molar-refractivity contribution in [1.82, 2.24) is 0 Å². The highest BCUT2D eigenvalue weighted by molar-refractivity contribution is 8.00. The van der Waals surface area contributed by atoms with Crippen molar-refractivity contribution in [2.75, 3.05) is 28.3 Å². The first-order valence-corrected chi connectivity index (χ1v) is 10.8. The van der Waals surface area contributed by atoms with Crippen LogP contribution in [0.3, 0.4) is 0 Å². The Kier molecular flexibility index (Phi) is 8.28. The Bertz CT molecular complexity index is 1050. The largest absolute Gasteiger partial charge is 0.484 e. The SMILES string of the molecule is CC(=O)Nc1ccc(NC(=O)CSc2ccc(NC(=O)COc3ccccc3)cc2)cc1. The van der Waals surface area contributed by atoms with Gasteiger partial charge < -0.3 is 20.7 Å². The fourth-order valence-electron chi connectivity index (χ4n) is 2.68. The number of para-hydroxylation sites is 1. The highest BCUT2D eigenvalue weighted by Crippen LogP contribution is 2.21. The molecule has 0 aliphatic heterocycles. The Hall–Kier alpha value is -3.78. The summed E-state index contributed by atoms with van der Waals surface area (Å²) >= 11 is 1.39. The average molecular weight is 450 g/mol. The van der Waals surface area contributed by atoms with Gasteiger partial charge in [0.15, 0.2) is 6.61 Å². The van der Waals surface area contributed by atoms with E-state index in [4.69, 9.17) is 4.74 Å². The zero-order valence-corrected chi connectivity index (χ0v) is 18.3. The van der Waals surface area contributed by atoms with Crippen molar-refractivity contribution in [1.29, 1.82) is 0 Å². The first-order valence-electron chi connectivity index (χ1n) is 9.86. The molecule has 0 saturated heterocycles. The lowest BCUT2D eigenvalue weighted by Gasteiger charge is -2.09. The monoisotopic (exact) mass is 449 g/mol. The van der Waals surface area contributed by atoms with Gasteiger partial charge >= 0.3 is 0 Å². The number of benzene rings is 3. The van der Waals surface area contributed by atoms with Gasteiger partial charge in [-0.2, -0.15) is 0 Å². The van der Waals surface area contributed by atoms with Gasteiger partial charge in [0.2, 0.25) is 11.8 Å². The lowest BCUT2D eigenvalue weighted by Crippen LogP contribution is -2.20. The van der Waals surface area contributed by atoms with Crippen molar-refractivity contribution >= 4 is 46.5 Å². The molecular weight excluding hydrogens is 426 g/mol. The van der Waals surface area contributed by atoms with E-state index in [-0.39, 0.29) is 30.1 Å². The van der Waals surface area contributed by atoms with Crippen LogP contribution in [0.5, 0.6) is 5.75 Å². The molecule has 0 saturated carbocycles. The number of thioether (sulfide) groups is 1. The summed E-state index contributed by atoms with van der Waals surface area (Å²) in [5.74, 6) is 0.334. The molecule has 0 aromatic heterocycles. The normalized spacial score (nSPS) is 10.2. The second kappa shape index (κ2) is 11.6. The fraction of sp³-hybridized carbons (Fsp3) is 0.125. The number of carbonyl (C=O) groups excluding carboxylic acids is 3. The summed E-state index contributed by atoms with van der Waals surface area (Å²) in [4.78, 5) is 36.1. The predicted octanol–water partition coefficient (Wildman–Crippen LogP) is 4.39. The van der Waals surface area contributed by atoms with Crippen molar-refractivity contribution in [3.05, 3.63) is 78.9 Å². The van der Waals surface area contributed by atoms with Gasteiger partial charge in [-0.15, -0.1) is 11.8 Å². The Morgan fingerprint density at radius 3 is 1.84 bits per heavy atom. The van der Waals surface area contributed by atoms with Crippen LogP contribution in [0.1, 0.15) is 6.92 Å². The maximum absolute atomic E-state index is 12.2. The summed E-state index contributed by atoms with van der Waals surface area (Å²) in [6.45, 7) is 1.36. The summed E-state index contributed by atoms with van der Waals surface area (Å²) in [6, 6.07) is 23.3. The van der Waals surface area contributed by atoms with E-state index in [1.165, 1.54) is 18.7 Å². The van der Waals surface area contributed by atoms with Gasteiger partial charge in [-0.3, -0.25) is 14.4 Å². The Morgan fingerprint density at radius 2 is 1.25 bits per heavy atom. The van der Waals surface area contributed by atoms with Crippen LogP contribution in [0.15, 0.2) is 83.8 Å². The molecular formula is C24H23N3O4S. The topological polar surface area (TPSA) is 96.5 Å². The molecule has 7 nitrogen and oxygen atoms in total. The maximum atomic E-state index is 12.2. The predicted molar refractivity (Wildman–Crippen MR) is 127 cm³/mol. The number of amides is 3. The van der Waals surface area contributed by atoms with Gasteiger partial charge in [-0.1, -0.05) is 18.2 Å². The Balaban J connectivity index is 1.40. The van der Waals surface area contributed by atoms with Gasteiger partial charge in [0, 0.05) is 28.9 Å². The summed E-state index contributed by atoms with van der Waals surface area (Å²) in [7, 11) is 0. The molecule has 0 atom stereocenters. The molecule has 0 bridgehead atoms. The van der Waals surface area contributed by atoms with E-state index in [1.807, 2.05) is 30.3 Å². The summed E-state index contributed by atoms with van der Waals surface area (Å²) < 4.78 is 5.42. The summed E-state index contributed by atoms with van der Waals surface area (Å²) in [5, 5.41) is 8.26. The van der Waals surface area contributed by atoms with E-state index in [0.29, 0.717) is 22.8 Å². The number of nitrogens with one attached hydrogen (secondary N) is 3. The first kappa shape index (κ1) is 22.9. The number of carbonyl (C=O) groups is 3. The third kappa shape index (κ3) is 7.81. The standard InChI is InChI=1S/C24H23N3O4S/c1-17(28)25-18-7-9-19(10-8-18)27-24(30)16-32-22-13-11-20(12-14-22)26-23(29)15-31-21-5-3-2-4-6-21/h2-14H,15-16H2,1H3,(H,25,28)(H,26,29)(H,27,30). The van der Waals surface area contributed by atoms with Crippen LogP contribution in [-0.4, -0.2) is 30.1 Å². The minimum atomic E-state index is -0.252. The van der Waals surface area contributed by atoms with E-state index in [1.54, 1.807) is 48.5 Å². The van der Waals surface area contributed by atoms with Gasteiger partial charge in [0.05, 0.1) is 5.75 Å². The molecule has 0 fully saturated rings. The quantitative estimate of drug-likeness (QED) is 0.421. The number of rotatable bonds is 9. The highest BCUT2D eigenvalue weighted by Gasteiger charge is 2.06. The first-order chi connectivity index (χ1) is 15.5. The zero-order valence-electron chi connectivity index (χ0n) is 17.5. The van der Waals surface area contributed by atoms with Gasteiger partial charge in [0.25, 0.3) is 5.91 Å². The van der Waals surface area contributed by atoms with E-state index in [9.17, 15) is 14.4 Å². The molecule has 0 heterocycles. The van der Waals surface area contributed by atoms with Crippen molar-refractivity contribution in [2.45, 2.75) is 11.8 Å². The lowest BCUT2D eigenvalue weighted by atomic mass is 10.3. The van der Waals surface area contributed by atoms with Crippen LogP contribution >= 0.6 is 11.8 Å². The molecule has 0 aliphatic carbocycles. The van der Waals surface area contributed by atoms with Crippen molar-refractivity contribution in [3.8, 4) is 5.75 Å². The average Bonchev–Trinajstić information content (AvgIpc) is 2.79. The molecule has 0 unspecified atom stereocenters. The minimum Gasteiger partial charge on any atom is -0.484 e. The van der Waals surface area contributed by atoms with Crippen molar-refractivity contribution < 1.29 is 19.1 Å². The second-order valence-corrected chi connectivity index (χ2v) is 7.82. The van der Waals surface area contributed by atoms with Crippen LogP contribution < -0.4 is 20.7 Å². The van der Waals surface area contributed by atoms with Gasteiger partial charge in [-0.05, 0) is 60.7 Å². The number of hydrogen-bond acceptors (Lipinski definition) is 5. The third-order valence-electron chi connectivity index (χ3n) is 4.11. The van der Waals surface area contributed by atoms with Crippen LogP contribution in [0.4, 0.5) is 17.1 Å². The van der Waals surface area contributed by atoms with Crippen LogP contribution in [-0.2, 0) is 14.4 Å².